The summed E-state index contributed by atoms with van der Waals surface area (Å²) in [5, 5.41) is 4.38. The maximum absolute atomic E-state index is 13.0. The molecule has 132 valence electrons. The fraction of sp³-hybridized carbons (Fsp3) is 0.316. The third-order valence-electron chi connectivity index (χ3n) is 4.67. The van der Waals surface area contributed by atoms with Gasteiger partial charge in [-0.2, -0.15) is 0 Å². The lowest BCUT2D eigenvalue weighted by molar-refractivity contribution is 0.0730. The third kappa shape index (κ3) is 3.95. The van der Waals surface area contributed by atoms with Crippen molar-refractivity contribution in [1.82, 2.24) is 10.2 Å². The molecule has 3 nitrogen and oxygen atoms in total. The summed E-state index contributed by atoms with van der Waals surface area (Å²) in [4.78, 5) is 15.0. The van der Waals surface area contributed by atoms with E-state index in [9.17, 15) is 4.79 Å². The summed E-state index contributed by atoms with van der Waals surface area (Å²) in [5.74, 6) is 0.0956. The standard InChI is InChI=1S/C19H18Cl2N2O.ClH/c20-17-6-1-12(7-18(17)21)11-23(16-4-5-16)19(24)13-2-3-14-9-22-10-15(14)8-13;/h1-3,6-8,16,22H,4-5,9-11H2;1H. The van der Waals surface area contributed by atoms with E-state index in [1.54, 1.807) is 6.07 Å². The highest BCUT2D eigenvalue weighted by Crippen LogP contribution is 2.31. The number of benzene rings is 2. The zero-order chi connectivity index (χ0) is 16.7. The number of hydrogen-bond donors (Lipinski definition) is 1. The number of amides is 1. The number of fused-ring (bicyclic) bond motifs is 1. The van der Waals surface area contributed by atoms with Crippen molar-refractivity contribution in [2.45, 2.75) is 38.5 Å². The normalized spacial score (nSPS) is 15.4. The van der Waals surface area contributed by atoms with Crippen LogP contribution in [0.15, 0.2) is 36.4 Å². The molecule has 2 aliphatic rings. The van der Waals surface area contributed by atoms with Crippen molar-refractivity contribution in [1.29, 1.82) is 0 Å². The minimum absolute atomic E-state index is 0. The molecule has 1 aliphatic carbocycles. The van der Waals surface area contributed by atoms with Crippen LogP contribution in [0.1, 0.15) is 39.9 Å². The van der Waals surface area contributed by atoms with Crippen LogP contribution in [0.3, 0.4) is 0 Å². The van der Waals surface area contributed by atoms with E-state index < -0.39 is 0 Å². The maximum Gasteiger partial charge on any atom is 0.254 e. The number of carbonyl (C=O) groups excluding carboxylic acids is 1. The Morgan fingerprint density at radius 1 is 1.04 bits per heavy atom. The predicted molar refractivity (Wildman–Crippen MR) is 104 cm³/mol. The largest absolute Gasteiger partial charge is 0.331 e. The van der Waals surface area contributed by atoms with Crippen molar-refractivity contribution in [3.8, 4) is 0 Å². The second-order valence-electron chi connectivity index (χ2n) is 6.50. The van der Waals surface area contributed by atoms with E-state index in [0.717, 1.165) is 37.1 Å². The van der Waals surface area contributed by atoms with Gasteiger partial charge in [0.25, 0.3) is 5.91 Å². The van der Waals surface area contributed by atoms with Crippen LogP contribution in [0.25, 0.3) is 0 Å². The average molecular weight is 398 g/mol. The van der Waals surface area contributed by atoms with Crippen LogP contribution in [-0.4, -0.2) is 16.8 Å². The van der Waals surface area contributed by atoms with Crippen molar-refractivity contribution in [3.05, 3.63) is 68.7 Å². The Balaban J connectivity index is 0.00000182. The van der Waals surface area contributed by atoms with Gasteiger partial charge in [0.2, 0.25) is 0 Å². The molecule has 1 fully saturated rings. The quantitative estimate of drug-likeness (QED) is 0.802. The van der Waals surface area contributed by atoms with Gasteiger partial charge in [0, 0.05) is 31.2 Å². The zero-order valence-electron chi connectivity index (χ0n) is 13.6. The zero-order valence-corrected chi connectivity index (χ0v) is 15.9. The predicted octanol–water partition coefficient (Wildman–Crippen LogP) is 4.82. The van der Waals surface area contributed by atoms with Gasteiger partial charge in [0.1, 0.15) is 0 Å². The van der Waals surface area contributed by atoms with Crippen molar-refractivity contribution in [3.63, 3.8) is 0 Å². The van der Waals surface area contributed by atoms with Crippen LogP contribution in [-0.2, 0) is 19.6 Å². The summed E-state index contributed by atoms with van der Waals surface area (Å²) in [5.41, 5.74) is 4.29. The molecule has 0 bridgehead atoms. The Labute approximate surface area is 163 Å². The first-order chi connectivity index (χ1) is 11.6. The molecule has 6 heteroatoms. The van der Waals surface area contributed by atoms with Crippen LogP contribution in [0.5, 0.6) is 0 Å². The van der Waals surface area contributed by atoms with Gasteiger partial charge < -0.3 is 10.2 Å². The van der Waals surface area contributed by atoms with Gasteiger partial charge in [-0.05, 0) is 53.8 Å². The third-order valence-corrected chi connectivity index (χ3v) is 5.41. The van der Waals surface area contributed by atoms with E-state index in [1.165, 1.54) is 11.1 Å². The number of rotatable bonds is 4. The van der Waals surface area contributed by atoms with Gasteiger partial charge in [-0.25, -0.2) is 0 Å². The molecule has 1 amide bonds. The van der Waals surface area contributed by atoms with Gasteiger partial charge >= 0.3 is 0 Å². The number of nitrogens with one attached hydrogen (secondary N) is 1. The minimum Gasteiger partial charge on any atom is -0.331 e. The highest BCUT2D eigenvalue weighted by molar-refractivity contribution is 6.42. The number of halogens is 3. The molecule has 1 saturated carbocycles. The van der Waals surface area contributed by atoms with Crippen molar-refractivity contribution in [2.24, 2.45) is 0 Å². The lowest BCUT2D eigenvalue weighted by Crippen LogP contribution is -2.32. The summed E-state index contributed by atoms with van der Waals surface area (Å²) in [6, 6.07) is 11.9. The van der Waals surface area contributed by atoms with E-state index >= 15 is 0 Å². The highest BCUT2D eigenvalue weighted by Gasteiger charge is 2.33. The van der Waals surface area contributed by atoms with E-state index in [2.05, 4.69) is 11.4 Å². The Morgan fingerprint density at radius 3 is 2.52 bits per heavy atom. The summed E-state index contributed by atoms with van der Waals surface area (Å²) in [7, 11) is 0. The van der Waals surface area contributed by atoms with E-state index in [4.69, 9.17) is 23.2 Å². The first-order valence-corrected chi connectivity index (χ1v) is 8.95. The SMILES string of the molecule is Cl.O=C(c1ccc2c(c1)CNC2)N(Cc1ccc(Cl)c(Cl)c1)C1CC1. The van der Waals surface area contributed by atoms with Gasteiger partial charge in [0.15, 0.2) is 0 Å². The van der Waals surface area contributed by atoms with Gasteiger partial charge in [0.05, 0.1) is 10.0 Å². The van der Waals surface area contributed by atoms with Crippen molar-refractivity contribution >= 4 is 41.5 Å². The molecule has 2 aromatic rings. The minimum atomic E-state index is 0. The van der Waals surface area contributed by atoms with E-state index in [1.807, 2.05) is 29.2 Å². The Kier molecular flexibility index (Phi) is 5.59. The topological polar surface area (TPSA) is 32.3 Å². The Bertz CT molecular complexity index is 805. The molecule has 0 radical (unpaired) electrons. The fourth-order valence-corrected chi connectivity index (χ4v) is 3.50. The highest BCUT2D eigenvalue weighted by atomic mass is 35.5. The lowest BCUT2D eigenvalue weighted by Gasteiger charge is -2.23. The molecule has 0 unspecified atom stereocenters. The Hall–Kier alpha value is -1.26. The van der Waals surface area contributed by atoms with Crippen LogP contribution >= 0.6 is 35.6 Å². The molecule has 2 aromatic carbocycles. The molecule has 0 saturated heterocycles. The van der Waals surface area contributed by atoms with Gasteiger partial charge in [-0.1, -0.05) is 35.3 Å². The molecule has 0 spiro atoms. The lowest BCUT2D eigenvalue weighted by atomic mass is 10.1. The first kappa shape index (κ1) is 18.5. The molecule has 0 aromatic heterocycles. The second kappa shape index (κ2) is 7.55. The summed E-state index contributed by atoms with van der Waals surface area (Å²) >= 11 is 12.1. The maximum atomic E-state index is 13.0. The average Bonchev–Trinajstić information content (AvgIpc) is 3.31. The van der Waals surface area contributed by atoms with Crippen LogP contribution < -0.4 is 5.32 Å². The summed E-state index contributed by atoms with van der Waals surface area (Å²) in [6.45, 7) is 2.29. The monoisotopic (exact) mass is 396 g/mol. The Morgan fingerprint density at radius 2 is 1.80 bits per heavy atom. The van der Waals surface area contributed by atoms with Crippen LogP contribution in [0.2, 0.25) is 10.0 Å². The molecule has 4 rings (SSSR count). The van der Waals surface area contributed by atoms with Crippen molar-refractivity contribution < 1.29 is 4.79 Å². The molecule has 25 heavy (non-hydrogen) atoms. The molecular weight excluding hydrogens is 379 g/mol. The van der Waals surface area contributed by atoms with Crippen molar-refractivity contribution in [2.75, 3.05) is 0 Å². The molecule has 1 aliphatic heterocycles. The van der Waals surface area contributed by atoms with E-state index in [0.29, 0.717) is 22.6 Å². The smallest absolute Gasteiger partial charge is 0.254 e. The fourth-order valence-electron chi connectivity index (χ4n) is 3.18. The number of hydrogen-bond acceptors (Lipinski definition) is 2. The number of carbonyl (C=O) groups is 1. The summed E-state index contributed by atoms with van der Waals surface area (Å²) in [6.07, 6.45) is 2.14. The van der Waals surface area contributed by atoms with Crippen LogP contribution in [0, 0.1) is 0 Å². The van der Waals surface area contributed by atoms with Crippen LogP contribution in [0.4, 0.5) is 0 Å². The van der Waals surface area contributed by atoms with Gasteiger partial charge in [-0.3, -0.25) is 4.79 Å². The molecule has 1 heterocycles. The van der Waals surface area contributed by atoms with Gasteiger partial charge in [-0.15, -0.1) is 12.4 Å². The molecule has 1 N–H and O–H groups in total. The van der Waals surface area contributed by atoms with E-state index in [-0.39, 0.29) is 18.3 Å². The molecule has 0 atom stereocenters. The first-order valence-electron chi connectivity index (χ1n) is 8.19. The number of nitrogens with zero attached hydrogens (tertiary/aromatic N) is 1. The second-order valence-corrected chi connectivity index (χ2v) is 7.31. The molecular formula is C19H19Cl3N2O. The summed E-state index contributed by atoms with van der Waals surface area (Å²) < 4.78 is 0.